The van der Waals surface area contributed by atoms with Crippen molar-refractivity contribution >= 4 is 23.4 Å². The van der Waals surface area contributed by atoms with E-state index in [9.17, 15) is 9.90 Å². The first kappa shape index (κ1) is 15.8. The molecule has 0 aliphatic carbocycles. The molecule has 5 heteroatoms. The molecule has 0 spiro atoms. The van der Waals surface area contributed by atoms with Crippen molar-refractivity contribution in [3.8, 4) is 0 Å². The van der Waals surface area contributed by atoms with Gasteiger partial charge in [-0.05, 0) is 45.0 Å². The fourth-order valence-electron chi connectivity index (χ4n) is 2.56. The smallest absolute Gasteiger partial charge is 0.326 e. The third-order valence-electron chi connectivity index (χ3n) is 3.49. The molecule has 0 saturated carbocycles. The Balaban J connectivity index is 2.16. The number of ether oxygens (including phenoxy) is 1. The Kier molecular flexibility index (Phi) is 4.52. The van der Waals surface area contributed by atoms with Crippen LogP contribution in [-0.4, -0.2) is 39.3 Å². The molecule has 0 aromatic heterocycles. The molecular weight excluding hydrogens is 286 g/mol. The summed E-state index contributed by atoms with van der Waals surface area (Å²) in [7, 11) is 0. The average molecular weight is 307 g/mol. The molecule has 4 nitrogen and oxygen atoms in total. The highest BCUT2D eigenvalue weighted by molar-refractivity contribution is 7.80. The molecule has 2 atom stereocenters. The van der Waals surface area contributed by atoms with Crippen molar-refractivity contribution < 1.29 is 14.6 Å². The van der Waals surface area contributed by atoms with Crippen LogP contribution in [-0.2, 0) is 9.53 Å². The number of hydrogen-bond donors (Lipinski definition) is 1. The zero-order valence-corrected chi connectivity index (χ0v) is 13.4. The minimum Gasteiger partial charge on any atom is -0.480 e. The Morgan fingerprint density at radius 2 is 1.95 bits per heavy atom. The van der Waals surface area contributed by atoms with Gasteiger partial charge in [0.15, 0.2) is 0 Å². The monoisotopic (exact) mass is 307 g/mol. The Morgan fingerprint density at radius 3 is 2.48 bits per heavy atom. The topological polar surface area (TPSA) is 49.8 Å². The number of carboxylic acid groups (broad SMARTS) is 1. The van der Waals surface area contributed by atoms with Crippen molar-refractivity contribution in [2.45, 2.75) is 44.8 Å². The Bertz CT molecular complexity index is 524. The van der Waals surface area contributed by atoms with Gasteiger partial charge in [0.05, 0.1) is 0 Å². The van der Waals surface area contributed by atoms with Gasteiger partial charge in [-0.1, -0.05) is 30.3 Å². The lowest BCUT2D eigenvalue weighted by Gasteiger charge is -2.29. The summed E-state index contributed by atoms with van der Waals surface area (Å²) in [6, 6.07) is 9.33. The Labute approximate surface area is 130 Å². The molecule has 1 heterocycles. The van der Waals surface area contributed by atoms with Crippen LogP contribution in [0.1, 0.15) is 38.7 Å². The van der Waals surface area contributed by atoms with Crippen LogP contribution in [0.15, 0.2) is 30.3 Å². The number of carboxylic acids is 1. The lowest BCUT2D eigenvalue weighted by atomic mass is 9.96. The number of carbonyl (C=O) groups is 1. The second kappa shape index (κ2) is 6.02. The normalized spacial score (nSPS) is 22.1. The van der Waals surface area contributed by atoms with E-state index in [0.29, 0.717) is 13.0 Å². The maximum Gasteiger partial charge on any atom is 0.326 e. The van der Waals surface area contributed by atoms with Gasteiger partial charge < -0.3 is 14.7 Å². The summed E-state index contributed by atoms with van der Waals surface area (Å²) in [5, 5.41) is 9.71. The van der Waals surface area contributed by atoms with Gasteiger partial charge in [-0.2, -0.15) is 0 Å². The first-order valence-electron chi connectivity index (χ1n) is 7.05. The van der Waals surface area contributed by atoms with Crippen LogP contribution >= 0.6 is 12.2 Å². The van der Waals surface area contributed by atoms with E-state index in [0.717, 1.165) is 5.56 Å². The number of hydrogen-bond acceptors (Lipinski definition) is 3. The SMILES string of the molecule is CC(C)(C)OC(=S)N1C[C@@H](c2ccccc2)C[C@H]1C(=O)O. The molecule has 1 aromatic rings. The van der Waals surface area contributed by atoms with Crippen LogP contribution in [0.5, 0.6) is 0 Å². The number of likely N-dealkylation sites (tertiary alicyclic amines) is 1. The zero-order chi connectivity index (χ0) is 15.6. The molecule has 1 aliphatic heterocycles. The van der Waals surface area contributed by atoms with Crippen LogP contribution in [0.25, 0.3) is 0 Å². The van der Waals surface area contributed by atoms with Gasteiger partial charge in [-0.15, -0.1) is 0 Å². The number of aliphatic carboxylic acids is 1. The van der Waals surface area contributed by atoms with E-state index in [2.05, 4.69) is 0 Å². The van der Waals surface area contributed by atoms with Crippen LogP contribution in [0.2, 0.25) is 0 Å². The highest BCUT2D eigenvalue weighted by atomic mass is 32.1. The summed E-state index contributed by atoms with van der Waals surface area (Å²) in [6.07, 6.45) is 0.549. The lowest BCUT2D eigenvalue weighted by Crippen LogP contribution is -2.43. The molecule has 0 radical (unpaired) electrons. The molecule has 2 rings (SSSR count). The van der Waals surface area contributed by atoms with E-state index in [1.165, 1.54) is 0 Å². The van der Waals surface area contributed by atoms with Crippen LogP contribution in [0.3, 0.4) is 0 Å². The fourth-order valence-corrected chi connectivity index (χ4v) is 3.01. The van der Waals surface area contributed by atoms with Crippen LogP contribution < -0.4 is 0 Å². The van der Waals surface area contributed by atoms with E-state index >= 15 is 0 Å². The average Bonchev–Trinajstić information content (AvgIpc) is 2.83. The summed E-state index contributed by atoms with van der Waals surface area (Å²) in [4.78, 5) is 13.2. The molecule has 1 N–H and O–H groups in total. The minimum absolute atomic E-state index is 0.161. The van der Waals surface area contributed by atoms with Crippen molar-refractivity contribution in [1.82, 2.24) is 4.90 Å². The van der Waals surface area contributed by atoms with Gasteiger partial charge in [0.1, 0.15) is 11.6 Å². The van der Waals surface area contributed by atoms with Gasteiger partial charge in [0.25, 0.3) is 5.17 Å². The second-order valence-corrected chi connectivity index (χ2v) is 6.68. The number of benzene rings is 1. The number of nitrogens with zero attached hydrogens (tertiary/aromatic N) is 1. The van der Waals surface area contributed by atoms with Crippen molar-refractivity contribution in [2.24, 2.45) is 0 Å². The van der Waals surface area contributed by atoms with Gasteiger partial charge in [0, 0.05) is 12.5 Å². The summed E-state index contributed by atoms with van der Waals surface area (Å²) in [5.41, 5.74) is 0.718. The lowest BCUT2D eigenvalue weighted by molar-refractivity contribution is -0.141. The third-order valence-corrected chi connectivity index (χ3v) is 3.80. The minimum atomic E-state index is -0.853. The van der Waals surface area contributed by atoms with Crippen molar-refractivity contribution in [1.29, 1.82) is 0 Å². The second-order valence-electron chi connectivity index (χ2n) is 6.33. The molecule has 1 saturated heterocycles. The van der Waals surface area contributed by atoms with Crippen LogP contribution in [0.4, 0.5) is 0 Å². The largest absolute Gasteiger partial charge is 0.480 e. The van der Waals surface area contributed by atoms with Crippen molar-refractivity contribution in [3.63, 3.8) is 0 Å². The van der Waals surface area contributed by atoms with Crippen LogP contribution in [0, 0.1) is 0 Å². The molecule has 0 unspecified atom stereocenters. The highest BCUT2D eigenvalue weighted by Gasteiger charge is 2.40. The maximum atomic E-state index is 11.5. The Hall–Kier alpha value is -1.62. The quantitative estimate of drug-likeness (QED) is 0.851. The first-order valence-corrected chi connectivity index (χ1v) is 7.46. The molecule has 0 bridgehead atoms. The van der Waals surface area contributed by atoms with Crippen molar-refractivity contribution in [3.05, 3.63) is 35.9 Å². The summed E-state index contributed by atoms with van der Waals surface area (Å²) in [6.45, 7) is 6.29. The molecule has 1 fully saturated rings. The number of rotatable bonds is 2. The molecular formula is C16H21NO3S. The van der Waals surface area contributed by atoms with Crippen molar-refractivity contribution in [2.75, 3.05) is 6.54 Å². The Morgan fingerprint density at radius 1 is 1.33 bits per heavy atom. The van der Waals surface area contributed by atoms with E-state index < -0.39 is 17.6 Å². The van der Waals surface area contributed by atoms with E-state index in [-0.39, 0.29) is 11.1 Å². The summed E-state index contributed by atoms with van der Waals surface area (Å²) >= 11 is 5.30. The zero-order valence-electron chi connectivity index (χ0n) is 12.6. The predicted molar refractivity (Wildman–Crippen MR) is 85.4 cm³/mol. The molecule has 1 aliphatic rings. The standard InChI is InChI=1S/C16H21NO3S/c1-16(2,3)20-15(21)17-10-12(9-13(17)14(18)19)11-7-5-4-6-8-11/h4-8,12-13H,9-10H2,1-3H3,(H,18,19)/t12-,13-/m0/s1. The molecule has 21 heavy (non-hydrogen) atoms. The van der Waals surface area contributed by atoms with Gasteiger partial charge in [-0.3, -0.25) is 0 Å². The van der Waals surface area contributed by atoms with E-state index in [1.54, 1.807) is 4.90 Å². The van der Waals surface area contributed by atoms with Gasteiger partial charge in [-0.25, -0.2) is 4.79 Å². The fraction of sp³-hybridized carbons (Fsp3) is 0.500. The highest BCUT2D eigenvalue weighted by Crippen LogP contribution is 2.32. The molecule has 114 valence electrons. The van der Waals surface area contributed by atoms with E-state index in [4.69, 9.17) is 17.0 Å². The van der Waals surface area contributed by atoms with E-state index in [1.807, 2.05) is 51.1 Å². The third kappa shape index (κ3) is 3.94. The molecule has 0 amide bonds. The summed E-state index contributed by atoms with van der Waals surface area (Å²) in [5.74, 6) is -0.692. The van der Waals surface area contributed by atoms with Gasteiger partial charge in [0.2, 0.25) is 0 Å². The first-order chi connectivity index (χ1) is 9.78. The van der Waals surface area contributed by atoms with Gasteiger partial charge >= 0.3 is 5.97 Å². The predicted octanol–water partition coefficient (Wildman–Crippen LogP) is 3.03. The molecule has 1 aromatic carbocycles. The maximum absolute atomic E-state index is 11.5. The summed E-state index contributed by atoms with van der Waals surface area (Å²) < 4.78 is 5.68. The number of thiocarbonyl (C=S) groups is 1.